The zero-order valence-electron chi connectivity index (χ0n) is 12.3. The summed E-state index contributed by atoms with van der Waals surface area (Å²) < 4.78 is 5.05. The molecule has 0 spiro atoms. The van der Waals surface area contributed by atoms with Crippen LogP contribution in [0.25, 0.3) is 10.9 Å². The quantitative estimate of drug-likeness (QED) is 0.901. The van der Waals surface area contributed by atoms with Gasteiger partial charge in [0, 0.05) is 31.1 Å². The topological polar surface area (TPSA) is 82.6 Å². The number of para-hydroxylation sites is 1. The van der Waals surface area contributed by atoms with Crippen LogP contribution in [0.5, 0.6) is 0 Å². The number of likely N-dealkylation sites (tertiary alicyclic amines) is 1. The van der Waals surface area contributed by atoms with Gasteiger partial charge in [-0.25, -0.2) is 0 Å². The van der Waals surface area contributed by atoms with Crippen molar-refractivity contribution in [3.8, 4) is 0 Å². The van der Waals surface area contributed by atoms with E-state index in [0.29, 0.717) is 18.7 Å². The second kappa shape index (κ2) is 5.46. The minimum atomic E-state index is -1.00. The summed E-state index contributed by atoms with van der Waals surface area (Å²) in [5.41, 5.74) is 0.377. The molecule has 1 unspecified atom stereocenters. The number of benzene rings is 1. The molecule has 6 heteroatoms. The second-order valence-electron chi connectivity index (χ2n) is 5.77. The monoisotopic (exact) mass is 302 g/mol. The molecule has 116 valence electrons. The van der Waals surface area contributed by atoms with Gasteiger partial charge in [0.2, 0.25) is 0 Å². The number of carboxylic acids is 1. The maximum absolute atomic E-state index is 12.6. The molecule has 2 aromatic rings. The highest BCUT2D eigenvalue weighted by Gasteiger charge is 2.46. The van der Waals surface area contributed by atoms with E-state index in [0.717, 1.165) is 10.9 Å². The lowest BCUT2D eigenvalue weighted by Crippen LogP contribution is -2.40. The van der Waals surface area contributed by atoms with Gasteiger partial charge in [-0.3, -0.25) is 9.59 Å². The first-order valence-electron chi connectivity index (χ1n) is 7.15. The molecule has 1 saturated heterocycles. The van der Waals surface area contributed by atoms with Gasteiger partial charge >= 0.3 is 5.97 Å². The van der Waals surface area contributed by atoms with E-state index in [4.69, 9.17) is 4.74 Å². The molecule has 1 atom stereocenters. The lowest BCUT2D eigenvalue weighted by atomic mass is 9.88. The van der Waals surface area contributed by atoms with Crippen LogP contribution in [-0.4, -0.2) is 53.7 Å². The number of nitrogens with one attached hydrogen (secondary N) is 1. The van der Waals surface area contributed by atoms with Crippen molar-refractivity contribution >= 4 is 22.8 Å². The Hall–Kier alpha value is -2.34. The van der Waals surface area contributed by atoms with Gasteiger partial charge in [0.1, 0.15) is 11.1 Å². The van der Waals surface area contributed by atoms with E-state index >= 15 is 0 Å². The summed E-state index contributed by atoms with van der Waals surface area (Å²) in [4.78, 5) is 28.8. The smallest absolute Gasteiger partial charge is 0.313 e. The first kappa shape index (κ1) is 14.6. The van der Waals surface area contributed by atoms with Crippen molar-refractivity contribution in [1.82, 2.24) is 9.88 Å². The predicted octanol–water partition coefficient (Wildman–Crippen LogP) is 1.73. The van der Waals surface area contributed by atoms with E-state index in [1.165, 1.54) is 7.11 Å². The molecule has 0 aliphatic carbocycles. The number of carboxylic acid groups (broad SMARTS) is 1. The molecule has 3 rings (SSSR count). The Kier molecular flexibility index (Phi) is 3.62. The van der Waals surface area contributed by atoms with Crippen LogP contribution in [0.15, 0.2) is 30.3 Å². The highest BCUT2D eigenvalue weighted by atomic mass is 16.5. The molecule has 1 aromatic heterocycles. The molecule has 1 amide bonds. The van der Waals surface area contributed by atoms with E-state index in [-0.39, 0.29) is 19.1 Å². The average molecular weight is 302 g/mol. The summed E-state index contributed by atoms with van der Waals surface area (Å²) in [7, 11) is 1.48. The molecule has 2 heterocycles. The summed E-state index contributed by atoms with van der Waals surface area (Å²) in [6.45, 7) is 0.701. The Morgan fingerprint density at radius 2 is 2.18 bits per heavy atom. The number of carbonyl (C=O) groups is 2. The third kappa shape index (κ3) is 2.35. The van der Waals surface area contributed by atoms with Crippen LogP contribution in [0.1, 0.15) is 16.9 Å². The normalized spacial score (nSPS) is 21.4. The largest absolute Gasteiger partial charge is 0.481 e. The Labute approximate surface area is 127 Å². The number of ether oxygens (including phenoxy) is 1. The molecule has 0 saturated carbocycles. The van der Waals surface area contributed by atoms with Gasteiger partial charge in [0.25, 0.3) is 5.91 Å². The van der Waals surface area contributed by atoms with Crippen LogP contribution in [0, 0.1) is 5.41 Å². The third-order valence-corrected chi connectivity index (χ3v) is 4.28. The van der Waals surface area contributed by atoms with Gasteiger partial charge in [-0.1, -0.05) is 18.2 Å². The Morgan fingerprint density at radius 3 is 2.86 bits per heavy atom. The van der Waals surface area contributed by atoms with E-state index < -0.39 is 11.4 Å². The average Bonchev–Trinajstić information content (AvgIpc) is 3.11. The molecule has 22 heavy (non-hydrogen) atoms. The number of nitrogens with zero attached hydrogens (tertiary/aromatic N) is 1. The third-order valence-electron chi connectivity index (χ3n) is 4.28. The van der Waals surface area contributed by atoms with Crippen molar-refractivity contribution in [3.63, 3.8) is 0 Å². The van der Waals surface area contributed by atoms with Crippen LogP contribution in [0.4, 0.5) is 0 Å². The van der Waals surface area contributed by atoms with Crippen molar-refractivity contribution in [3.05, 3.63) is 36.0 Å². The van der Waals surface area contributed by atoms with E-state index in [9.17, 15) is 14.7 Å². The first-order chi connectivity index (χ1) is 10.6. The minimum absolute atomic E-state index is 0.110. The molecular formula is C16H18N2O4. The number of hydrogen-bond acceptors (Lipinski definition) is 3. The summed E-state index contributed by atoms with van der Waals surface area (Å²) in [5, 5.41) is 10.4. The van der Waals surface area contributed by atoms with Gasteiger partial charge in [0.15, 0.2) is 0 Å². The van der Waals surface area contributed by atoms with Crippen LogP contribution in [0.2, 0.25) is 0 Å². The lowest BCUT2D eigenvalue weighted by Gasteiger charge is -2.23. The van der Waals surface area contributed by atoms with Gasteiger partial charge in [-0.05, 0) is 18.6 Å². The number of fused-ring (bicyclic) bond motifs is 1. The van der Waals surface area contributed by atoms with Crippen LogP contribution >= 0.6 is 0 Å². The van der Waals surface area contributed by atoms with Crippen molar-refractivity contribution in [2.24, 2.45) is 5.41 Å². The molecule has 1 aliphatic heterocycles. The summed E-state index contributed by atoms with van der Waals surface area (Å²) >= 11 is 0. The van der Waals surface area contributed by atoms with Crippen LogP contribution in [-0.2, 0) is 9.53 Å². The number of carbonyl (C=O) groups excluding carboxylic acids is 1. The maximum Gasteiger partial charge on any atom is 0.313 e. The Morgan fingerprint density at radius 1 is 1.41 bits per heavy atom. The Bertz CT molecular complexity index is 691. The summed E-state index contributed by atoms with van der Waals surface area (Å²) in [6.07, 6.45) is 0.405. The van der Waals surface area contributed by atoms with Gasteiger partial charge in [0.05, 0.1) is 6.61 Å². The van der Waals surface area contributed by atoms with Crippen LogP contribution in [0.3, 0.4) is 0 Å². The molecule has 1 aliphatic rings. The first-order valence-corrected chi connectivity index (χ1v) is 7.15. The fraction of sp³-hybridized carbons (Fsp3) is 0.375. The maximum atomic E-state index is 12.6. The number of hydrogen-bond donors (Lipinski definition) is 2. The number of aromatic nitrogens is 1. The molecule has 0 bridgehead atoms. The molecule has 6 nitrogen and oxygen atoms in total. The number of methoxy groups -OCH3 is 1. The standard InChI is InChI=1S/C16H18N2O4/c1-22-10-16(15(20)21)6-7-18(9-16)14(19)13-8-11-4-2-3-5-12(11)17-13/h2-5,8,17H,6-7,9-10H2,1H3,(H,20,21). The van der Waals surface area contributed by atoms with Crippen molar-refractivity contribution in [1.29, 1.82) is 0 Å². The van der Waals surface area contributed by atoms with Crippen molar-refractivity contribution in [2.75, 3.05) is 26.8 Å². The van der Waals surface area contributed by atoms with Gasteiger partial charge in [-0.2, -0.15) is 0 Å². The Balaban J connectivity index is 1.82. The van der Waals surface area contributed by atoms with E-state index in [2.05, 4.69) is 4.98 Å². The van der Waals surface area contributed by atoms with Crippen LogP contribution < -0.4 is 0 Å². The zero-order chi connectivity index (χ0) is 15.7. The van der Waals surface area contributed by atoms with E-state index in [1.54, 1.807) is 11.0 Å². The van der Waals surface area contributed by atoms with Crippen molar-refractivity contribution in [2.45, 2.75) is 6.42 Å². The minimum Gasteiger partial charge on any atom is -0.481 e. The highest BCUT2D eigenvalue weighted by Crippen LogP contribution is 2.32. The summed E-state index contributed by atoms with van der Waals surface area (Å²) in [5.74, 6) is -1.09. The van der Waals surface area contributed by atoms with E-state index in [1.807, 2.05) is 24.3 Å². The SMILES string of the molecule is COCC1(C(=O)O)CCN(C(=O)c2cc3ccccc3[nH]2)C1. The highest BCUT2D eigenvalue weighted by molar-refractivity contribution is 5.98. The fourth-order valence-electron chi connectivity index (χ4n) is 3.04. The molecule has 1 aromatic carbocycles. The molecule has 1 fully saturated rings. The molecule has 2 N–H and O–H groups in total. The van der Waals surface area contributed by atoms with Gasteiger partial charge < -0.3 is 19.7 Å². The lowest BCUT2D eigenvalue weighted by molar-refractivity contribution is -0.151. The second-order valence-corrected chi connectivity index (χ2v) is 5.77. The van der Waals surface area contributed by atoms with Gasteiger partial charge in [-0.15, -0.1) is 0 Å². The number of amides is 1. The predicted molar refractivity (Wildman–Crippen MR) is 80.8 cm³/mol. The number of rotatable bonds is 4. The molecular weight excluding hydrogens is 284 g/mol. The number of H-pyrrole nitrogens is 1. The zero-order valence-corrected chi connectivity index (χ0v) is 12.3. The number of aliphatic carboxylic acids is 1. The number of aromatic amines is 1. The fourth-order valence-corrected chi connectivity index (χ4v) is 3.04. The van der Waals surface area contributed by atoms with Crippen molar-refractivity contribution < 1.29 is 19.4 Å². The summed E-state index contributed by atoms with van der Waals surface area (Å²) in [6, 6.07) is 9.45. The molecule has 0 radical (unpaired) electrons.